The number of ether oxygens (including phenoxy) is 3. The second-order valence-corrected chi connectivity index (χ2v) is 3.68. The summed E-state index contributed by atoms with van der Waals surface area (Å²) < 4.78 is 16.2. The Kier molecular flexibility index (Phi) is 10.3. The highest BCUT2D eigenvalue weighted by Gasteiger charge is 2.11. The Morgan fingerprint density at radius 2 is 1.67 bits per heavy atom. The lowest BCUT2D eigenvalue weighted by molar-refractivity contribution is -0.0841. The number of hydrogen-bond donors (Lipinski definition) is 1. The van der Waals surface area contributed by atoms with Gasteiger partial charge in [-0.3, -0.25) is 0 Å². The van der Waals surface area contributed by atoms with Crippen LogP contribution in [0, 0.1) is 0 Å². The van der Waals surface area contributed by atoms with Crippen LogP contribution in [0.3, 0.4) is 0 Å². The van der Waals surface area contributed by atoms with Gasteiger partial charge in [-0.2, -0.15) is 0 Å². The summed E-state index contributed by atoms with van der Waals surface area (Å²) in [6.45, 7) is 8.21. The van der Waals surface area contributed by atoms with Crippen LogP contribution in [0.1, 0.15) is 27.2 Å². The summed E-state index contributed by atoms with van der Waals surface area (Å²) in [5, 5.41) is 8.58. The molecular weight excluding hydrogens is 196 g/mol. The largest absolute Gasteiger partial charge is 0.394 e. The second kappa shape index (κ2) is 10.4. The summed E-state index contributed by atoms with van der Waals surface area (Å²) in [5.41, 5.74) is 0. The molecule has 15 heavy (non-hydrogen) atoms. The third-order valence-corrected chi connectivity index (χ3v) is 1.66. The normalized spacial score (nSPS) is 13.4. The first-order chi connectivity index (χ1) is 7.20. The molecule has 1 unspecified atom stereocenters. The van der Waals surface area contributed by atoms with Crippen LogP contribution in [0.4, 0.5) is 0 Å². The lowest BCUT2D eigenvalue weighted by Gasteiger charge is -2.20. The molecule has 1 N–H and O–H groups in total. The van der Waals surface area contributed by atoms with E-state index >= 15 is 0 Å². The van der Waals surface area contributed by atoms with Crippen molar-refractivity contribution in [3.63, 3.8) is 0 Å². The first kappa shape index (κ1) is 14.8. The van der Waals surface area contributed by atoms with Gasteiger partial charge in [-0.1, -0.05) is 6.92 Å². The van der Waals surface area contributed by atoms with Crippen LogP contribution in [0.25, 0.3) is 0 Å². The smallest absolute Gasteiger partial charge is 0.104 e. The van der Waals surface area contributed by atoms with Crippen molar-refractivity contribution in [1.29, 1.82) is 0 Å². The Labute approximate surface area is 92.5 Å². The molecule has 0 heterocycles. The van der Waals surface area contributed by atoms with Crippen molar-refractivity contribution >= 4 is 0 Å². The van der Waals surface area contributed by atoms with E-state index in [1.54, 1.807) is 0 Å². The number of aliphatic hydroxyl groups is 1. The van der Waals surface area contributed by atoms with Gasteiger partial charge in [-0.15, -0.1) is 0 Å². The van der Waals surface area contributed by atoms with Gasteiger partial charge in [-0.05, 0) is 20.3 Å². The van der Waals surface area contributed by atoms with Gasteiger partial charge in [-0.25, -0.2) is 0 Å². The third kappa shape index (κ3) is 10.1. The van der Waals surface area contributed by atoms with E-state index in [9.17, 15) is 0 Å². The lowest BCUT2D eigenvalue weighted by atomic mass is 10.3. The van der Waals surface area contributed by atoms with E-state index in [0.717, 1.165) is 13.0 Å². The maximum atomic E-state index is 8.58. The molecule has 0 aliphatic carbocycles. The van der Waals surface area contributed by atoms with Gasteiger partial charge in [0.25, 0.3) is 0 Å². The summed E-state index contributed by atoms with van der Waals surface area (Å²) in [6.07, 6.45) is 1.13. The number of rotatable bonds is 10. The average molecular weight is 220 g/mol. The molecule has 0 aromatic rings. The van der Waals surface area contributed by atoms with Crippen LogP contribution < -0.4 is 0 Å². The Morgan fingerprint density at radius 3 is 2.13 bits per heavy atom. The Hall–Kier alpha value is -0.160. The van der Waals surface area contributed by atoms with E-state index < -0.39 is 0 Å². The standard InChI is InChI=1S/C11H24O4/c1-4-6-13-8-11(15-10(2)3)9-14-7-5-12/h10-12H,4-9H2,1-3H3. The van der Waals surface area contributed by atoms with Crippen molar-refractivity contribution in [3.05, 3.63) is 0 Å². The summed E-state index contributed by atoms with van der Waals surface area (Å²) in [7, 11) is 0. The molecule has 0 aliphatic rings. The molecule has 0 saturated carbocycles. The first-order valence-corrected chi connectivity index (χ1v) is 5.62. The van der Waals surface area contributed by atoms with Crippen molar-refractivity contribution in [2.45, 2.75) is 39.4 Å². The van der Waals surface area contributed by atoms with Crippen LogP contribution in [-0.4, -0.2) is 50.3 Å². The summed E-state index contributed by atoms with van der Waals surface area (Å²) in [6, 6.07) is 0. The highest BCUT2D eigenvalue weighted by Crippen LogP contribution is 2.00. The number of hydrogen-bond acceptors (Lipinski definition) is 4. The molecule has 0 bridgehead atoms. The van der Waals surface area contributed by atoms with Gasteiger partial charge in [0, 0.05) is 6.61 Å². The SMILES string of the molecule is CCCOCC(COCCO)OC(C)C. The zero-order valence-electron chi connectivity index (χ0n) is 10.1. The van der Waals surface area contributed by atoms with Crippen molar-refractivity contribution in [2.75, 3.05) is 33.0 Å². The molecule has 0 fully saturated rings. The second-order valence-electron chi connectivity index (χ2n) is 3.68. The maximum absolute atomic E-state index is 8.58. The minimum absolute atomic E-state index is 0.0388. The van der Waals surface area contributed by atoms with Crippen molar-refractivity contribution < 1.29 is 19.3 Å². The first-order valence-electron chi connectivity index (χ1n) is 5.62. The fraction of sp³-hybridized carbons (Fsp3) is 1.00. The van der Waals surface area contributed by atoms with Gasteiger partial charge in [0.1, 0.15) is 6.10 Å². The Morgan fingerprint density at radius 1 is 1.07 bits per heavy atom. The van der Waals surface area contributed by atoms with E-state index in [4.69, 9.17) is 19.3 Å². The minimum Gasteiger partial charge on any atom is -0.394 e. The van der Waals surface area contributed by atoms with Gasteiger partial charge in [0.15, 0.2) is 0 Å². The number of aliphatic hydroxyl groups excluding tert-OH is 1. The molecule has 0 aromatic heterocycles. The van der Waals surface area contributed by atoms with Crippen molar-refractivity contribution in [3.8, 4) is 0 Å². The maximum Gasteiger partial charge on any atom is 0.104 e. The van der Waals surface area contributed by atoms with Crippen LogP contribution in [-0.2, 0) is 14.2 Å². The zero-order chi connectivity index (χ0) is 11.5. The fourth-order valence-corrected chi connectivity index (χ4v) is 1.15. The van der Waals surface area contributed by atoms with Crippen molar-refractivity contribution in [2.24, 2.45) is 0 Å². The summed E-state index contributed by atoms with van der Waals surface area (Å²) in [5.74, 6) is 0. The molecule has 0 spiro atoms. The molecule has 92 valence electrons. The van der Waals surface area contributed by atoms with E-state index in [1.165, 1.54) is 0 Å². The van der Waals surface area contributed by atoms with Gasteiger partial charge >= 0.3 is 0 Å². The highest BCUT2D eigenvalue weighted by molar-refractivity contribution is 4.57. The minimum atomic E-state index is -0.0388. The topological polar surface area (TPSA) is 47.9 Å². The molecule has 0 radical (unpaired) electrons. The Balaban J connectivity index is 3.63. The predicted octanol–water partition coefficient (Wildman–Crippen LogP) is 1.22. The molecule has 4 heteroatoms. The van der Waals surface area contributed by atoms with E-state index in [-0.39, 0.29) is 18.8 Å². The van der Waals surface area contributed by atoms with Crippen LogP contribution in [0.15, 0.2) is 0 Å². The van der Waals surface area contributed by atoms with E-state index in [2.05, 4.69) is 6.92 Å². The predicted molar refractivity (Wildman–Crippen MR) is 59.0 cm³/mol. The molecule has 0 amide bonds. The van der Waals surface area contributed by atoms with Gasteiger partial charge in [0.2, 0.25) is 0 Å². The van der Waals surface area contributed by atoms with Gasteiger partial charge < -0.3 is 19.3 Å². The van der Waals surface area contributed by atoms with E-state index in [1.807, 2.05) is 13.8 Å². The highest BCUT2D eigenvalue weighted by atomic mass is 16.6. The van der Waals surface area contributed by atoms with Crippen LogP contribution in [0.2, 0.25) is 0 Å². The molecule has 4 nitrogen and oxygen atoms in total. The molecule has 0 aromatic carbocycles. The zero-order valence-corrected chi connectivity index (χ0v) is 10.1. The molecule has 0 saturated heterocycles. The van der Waals surface area contributed by atoms with Crippen LogP contribution in [0.5, 0.6) is 0 Å². The average Bonchev–Trinajstić information content (AvgIpc) is 2.17. The quantitative estimate of drug-likeness (QED) is 0.562. The molecular formula is C11H24O4. The molecule has 0 rings (SSSR count). The third-order valence-electron chi connectivity index (χ3n) is 1.66. The fourth-order valence-electron chi connectivity index (χ4n) is 1.15. The monoisotopic (exact) mass is 220 g/mol. The summed E-state index contributed by atoms with van der Waals surface area (Å²) in [4.78, 5) is 0. The van der Waals surface area contributed by atoms with Gasteiger partial charge in [0.05, 0.1) is 32.5 Å². The molecule has 0 aliphatic heterocycles. The Bertz CT molecular complexity index is 118. The summed E-state index contributed by atoms with van der Waals surface area (Å²) >= 11 is 0. The van der Waals surface area contributed by atoms with Crippen LogP contribution >= 0.6 is 0 Å². The lowest BCUT2D eigenvalue weighted by Crippen LogP contribution is -2.29. The molecule has 1 atom stereocenters. The van der Waals surface area contributed by atoms with Crippen molar-refractivity contribution in [1.82, 2.24) is 0 Å². The van der Waals surface area contributed by atoms with E-state index in [0.29, 0.717) is 19.8 Å².